The van der Waals surface area contributed by atoms with Crippen LogP contribution in [0.1, 0.15) is 12.0 Å². The summed E-state index contributed by atoms with van der Waals surface area (Å²) < 4.78 is 79.4. The number of aromatic amines is 1. The van der Waals surface area contributed by atoms with E-state index in [4.69, 9.17) is 5.11 Å². The van der Waals surface area contributed by atoms with E-state index in [0.717, 1.165) is 18.2 Å². The summed E-state index contributed by atoms with van der Waals surface area (Å²) in [6.45, 7) is -1.32. The van der Waals surface area contributed by atoms with Crippen LogP contribution < -0.4 is 5.32 Å². The van der Waals surface area contributed by atoms with Crippen molar-refractivity contribution in [3.8, 4) is 11.3 Å². The Morgan fingerprint density at radius 3 is 2.33 bits per heavy atom. The Kier molecular flexibility index (Phi) is 6.06. The van der Waals surface area contributed by atoms with Crippen LogP contribution in [0.15, 0.2) is 36.4 Å². The summed E-state index contributed by atoms with van der Waals surface area (Å²) in [7, 11) is 0. The zero-order valence-electron chi connectivity index (χ0n) is 15.3. The number of benzene rings is 2. The molecule has 1 heterocycles. The number of hydrogen-bond donors (Lipinski definition) is 3. The summed E-state index contributed by atoms with van der Waals surface area (Å²) >= 11 is 0. The van der Waals surface area contributed by atoms with Crippen molar-refractivity contribution in [2.24, 2.45) is 0 Å². The molecule has 0 bridgehead atoms. The molecule has 2 aromatic carbocycles. The van der Waals surface area contributed by atoms with E-state index in [1.165, 1.54) is 12.1 Å². The Morgan fingerprint density at radius 1 is 1.07 bits per heavy atom. The zero-order valence-corrected chi connectivity index (χ0v) is 15.3. The van der Waals surface area contributed by atoms with E-state index >= 15 is 0 Å². The second-order valence-electron chi connectivity index (χ2n) is 6.64. The predicted octanol–water partition coefficient (Wildman–Crippen LogP) is 4.22. The van der Waals surface area contributed by atoms with E-state index in [-0.39, 0.29) is 28.6 Å². The number of nitrogens with one attached hydrogen (secondary N) is 2. The molecule has 160 valence electrons. The van der Waals surface area contributed by atoms with Gasteiger partial charge in [0.05, 0.1) is 12.1 Å². The number of aryl methyl sites for hydroxylation is 1. The second-order valence-corrected chi connectivity index (χ2v) is 6.64. The Morgan fingerprint density at radius 2 is 1.73 bits per heavy atom. The number of aliphatic hydroxyl groups is 1. The molecule has 0 fully saturated rings. The molecule has 0 saturated heterocycles. The number of carbonyl (C=O) groups excluding carboxylic acids is 1. The molecule has 0 spiro atoms. The number of halogens is 6. The first kappa shape index (κ1) is 21.7. The second kappa shape index (κ2) is 8.39. The Balaban J connectivity index is 1.94. The van der Waals surface area contributed by atoms with Gasteiger partial charge in [0, 0.05) is 23.6 Å². The first-order valence-electron chi connectivity index (χ1n) is 8.82. The molecule has 1 amide bonds. The number of aliphatic hydroxyl groups excluding tert-OH is 1. The van der Waals surface area contributed by atoms with Crippen LogP contribution >= 0.6 is 0 Å². The third-order valence-electron chi connectivity index (χ3n) is 4.58. The highest BCUT2D eigenvalue weighted by Crippen LogP contribution is 2.33. The van der Waals surface area contributed by atoms with Crippen LogP contribution in [-0.4, -0.2) is 34.8 Å². The molecule has 0 aliphatic rings. The fourth-order valence-electron chi connectivity index (χ4n) is 3.13. The molecule has 1 aromatic heterocycles. The monoisotopic (exact) mass is 430 g/mol. The number of hydrogen-bond acceptors (Lipinski definition) is 2. The van der Waals surface area contributed by atoms with E-state index in [1.54, 1.807) is 5.32 Å². The molecule has 10 heteroatoms. The maximum absolute atomic E-state index is 14.2. The highest BCUT2D eigenvalue weighted by Gasteiger charge is 2.40. The number of fused-ring (bicyclic) bond motifs is 1. The fourth-order valence-corrected chi connectivity index (χ4v) is 3.13. The minimum Gasteiger partial charge on any atom is -0.394 e. The molecule has 3 N–H and O–H groups in total. The topological polar surface area (TPSA) is 65.1 Å². The van der Waals surface area contributed by atoms with Crippen LogP contribution in [0.3, 0.4) is 0 Å². The SMILES string of the molecule is O=C(CCc1c(-c2ccc(F)cc2)[nH]c2c(F)cc(F)cc12)N[C@@H](CO)C(F)(F)F. The maximum Gasteiger partial charge on any atom is 0.410 e. The minimum absolute atomic E-state index is 0.0466. The van der Waals surface area contributed by atoms with Crippen LogP contribution in [-0.2, 0) is 11.2 Å². The van der Waals surface area contributed by atoms with E-state index in [1.807, 2.05) is 0 Å². The number of amides is 1. The van der Waals surface area contributed by atoms with Gasteiger partial charge in [-0.3, -0.25) is 4.79 Å². The molecule has 3 rings (SSSR count). The first-order chi connectivity index (χ1) is 14.1. The van der Waals surface area contributed by atoms with Crippen molar-refractivity contribution >= 4 is 16.8 Å². The van der Waals surface area contributed by atoms with Gasteiger partial charge in [-0.25, -0.2) is 13.2 Å². The summed E-state index contributed by atoms with van der Waals surface area (Å²) in [4.78, 5) is 14.8. The lowest BCUT2D eigenvalue weighted by Gasteiger charge is -2.19. The van der Waals surface area contributed by atoms with Crippen molar-refractivity contribution < 1.29 is 36.2 Å². The largest absolute Gasteiger partial charge is 0.410 e. The van der Waals surface area contributed by atoms with Crippen molar-refractivity contribution in [1.82, 2.24) is 10.3 Å². The molecule has 4 nitrogen and oxygen atoms in total. The number of rotatable bonds is 6. The molecule has 0 radical (unpaired) electrons. The fraction of sp³-hybridized carbons (Fsp3) is 0.250. The first-order valence-corrected chi connectivity index (χ1v) is 8.82. The number of alkyl halides is 3. The van der Waals surface area contributed by atoms with Crippen molar-refractivity contribution in [2.45, 2.75) is 25.1 Å². The maximum atomic E-state index is 14.2. The molecular formula is C20H16F6N2O2. The molecule has 1 atom stereocenters. The molecule has 0 unspecified atom stereocenters. The third kappa shape index (κ3) is 4.59. The van der Waals surface area contributed by atoms with Gasteiger partial charge in [0.15, 0.2) is 0 Å². The van der Waals surface area contributed by atoms with Gasteiger partial charge >= 0.3 is 6.18 Å². The van der Waals surface area contributed by atoms with Gasteiger partial charge in [-0.2, -0.15) is 13.2 Å². The standard InChI is InChI=1S/C20H16F6N2O2/c21-11-3-1-10(2-4-11)18-13(14-7-12(22)8-15(23)19(14)28-18)5-6-17(30)27-16(9-29)20(24,25)26/h1-4,7-8,16,28-29H,5-6,9H2,(H,27,30)/t16-/m0/s1. The zero-order chi connectivity index (χ0) is 22.1. The van der Waals surface area contributed by atoms with Crippen LogP contribution in [0.5, 0.6) is 0 Å². The summed E-state index contributed by atoms with van der Waals surface area (Å²) in [5.74, 6) is -3.27. The lowest BCUT2D eigenvalue weighted by atomic mass is 10.0. The summed E-state index contributed by atoms with van der Waals surface area (Å²) in [6, 6.07) is 4.39. The molecule has 0 aliphatic carbocycles. The van der Waals surface area contributed by atoms with Gasteiger partial charge in [0.2, 0.25) is 5.91 Å². The highest BCUT2D eigenvalue weighted by molar-refractivity contribution is 5.92. The lowest BCUT2D eigenvalue weighted by Crippen LogP contribution is -2.47. The van der Waals surface area contributed by atoms with Gasteiger partial charge in [0.25, 0.3) is 0 Å². The van der Waals surface area contributed by atoms with Crippen LogP contribution in [0.4, 0.5) is 26.3 Å². The number of aromatic nitrogens is 1. The molecule has 30 heavy (non-hydrogen) atoms. The van der Waals surface area contributed by atoms with E-state index in [2.05, 4.69) is 4.98 Å². The Bertz CT molecular complexity index is 1060. The van der Waals surface area contributed by atoms with E-state index in [9.17, 15) is 31.1 Å². The predicted molar refractivity (Wildman–Crippen MR) is 97.0 cm³/mol. The minimum atomic E-state index is -4.82. The quantitative estimate of drug-likeness (QED) is 0.513. The van der Waals surface area contributed by atoms with Gasteiger partial charge < -0.3 is 15.4 Å². The molecule has 0 aliphatic heterocycles. The molecule has 0 saturated carbocycles. The smallest absolute Gasteiger partial charge is 0.394 e. The molecule has 3 aromatic rings. The lowest BCUT2D eigenvalue weighted by molar-refractivity contribution is -0.168. The van der Waals surface area contributed by atoms with Gasteiger partial charge in [-0.15, -0.1) is 0 Å². The average Bonchev–Trinajstić information content (AvgIpc) is 3.02. The summed E-state index contributed by atoms with van der Waals surface area (Å²) in [5.41, 5.74) is 0.954. The Labute approximate surface area is 166 Å². The van der Waals surface area contributed by atoms with Crippen molar-refractivity contribution in [1.29, 1.82) is 0 Å². The molecular weight excluding hydrogens is 414 g/mol. The van der Waals surface area contributed by atoms with Gasteiger partial charge in [0.1, 0.15) is 23.5 Å². The van der Waals surface area contributed by atoms with Crippen molar-refractivity contribution in [2.75, 3.05) is 6.61 Å². The van der Waals surface area contributed by atoms with E-state index in [0.29, 0.717) is 11.6 Å². The third-order valence-corrected chi connectivity index (χ3v) is 4.58. The van der Waals surface area contributed by atoms with E-state index < -0.39 is 48.6 Å². The normalized spacial score (nSPS) is 12.9. The van der Waals surface area contributed by atoms with Crippen molar-refractivity contribution in [3.05, 3.63) is 59.4 Å². The summed E-state index contributed by atoms with van der Waals surface area (Å²) in [5, 5.41) is 10.6. The van der Waals surface area contributed by atoms with Gasteiger partial charge in [-0.05, 0) is 47.9 Å². The van der Waals surface area contributed by atoms with Crippen LogP contribution in [0, 0.1) is 17.5 Å². The number of H-pyrrole nitrogens is 1. The Hall–Kier alpha value is -3.01. The number of carbonyl (C=O) groups is 1. The summed E-state index contributed by atoms with van der Waals surface area (Å²) in [6.07, 6.45) is -5.42. The average molecular weight is 430 g/mol. The highest BCUT2D eigenvalue weighted by atomic mass is 19.4. The van der Waals surface area contributed by atoms with Crippen LogP contribution in [0.2, 0.25) is 0 Å². The van der Waals surface area contributed by atoms with Gasteiger partial charge in [-0.1, -0.05) is 0 Å². The van der Waals surface area contributed by atoms with Crippen molar-refractivity contribution in [3.63, 3.8) is 0 Å². The van der Waals surface area contributed by atoms with Crippen LogP contribution in [0.25, 0.3) is 22.2 Å².